The fourth-order valence-electron chi connectivity index (χ4n) is 10.1. The number of fused-ring (bicyclic) bond motifs is 2. The second kappa shape index (κ2) is 15.9. The van der Waals surface area contributed by atoms with E-state index in [0.29, 0.717) is 25.4 Å². The molecule has 11 heteroatoms. The number of hydrogen-bond donors (Lipinski definition) is 2. The van der Waals surface area contributed by atoms with Gasteiger partial charge in [-0.05, 0) is 85.9 Å². The van der Waals surface area contributed by atoms with E-state index >= 15 is 0 Å². The van der Waals surface area contributed by atoms with Crippen molar-refractivity contribution in [2.45, 2.75) is 81.6 Å². The lowest BCUT2D eigenvalue weighted by Crippen LogP contribution is -2.56. The first kappa shape index (κ1) is 39.2. The maximum atomic E-state index is 14.7. The number of benzene rings is 4. The molecular weight excluding hydrogens is 733 g/mol. The van der Waals surface area contributed by atoms with Gasteiger partial charge in [-0.15, -0.1) is 0 Å². The number of anilines is 2. The predicted molar refractivity (Wildman–Crippen MR) is 226 cm³/mol. The molecule has 4 aliphatic rings. The number of aliphatic hydroxyl groups excluding tert-OH is 1. The fraction of sp³-hybridized carbons (Fsp3) is 0.435. The number of nitrogens with one attached hydrogen (secondary N) is 1. The number of para-hydroxylation sites is 1. The van der Waals surface area contributed by atoms with Crippen LogP contribution in [0.1, 0.15) is 49.0 Å². The van der Waals surface area contributed by atoms with Crippen LogP contribution >= 0.6 is 0 Å². The Morgan fingerprint density at radius 3 is 2.33 bits per heavy atom. The van der Waals surface area contributed by atoms with Gasteiger partial charge in [-0.3, -0.25) is 14.5 Å². The van der Waals surface area contributed by atoms with Gasteiger partial charge in [0.2, 0.25) is 5.91 Å². The highest BCUT2D eigenvalue weighted by molar-refractivity contribution is 6.91. The summed E-state index contributed by atoms with van der Waals surface area (Å²) in [5.74, 6) is 1.53. The standard InChI is InChI=1S/C46H56N4O6Si/c1-31-43(55-3)39-26-35(49-30-50(34-13-7-6-8-14-34)46(45(49)53)21-23-47-24-22-46)15-20-40(39)56-44(31)41(57(4,5)38-18-16-37(54-2)17-19-38)27-42(52)48-28-33-12-10-9-11-32(33)25-36(48)29-51/h6-20,26,31,36,41,43-44,47,51H,21-25,27-30H2,1-5H3/t31-,36-,41?,43-,44-/m0/s1. The molecule has 0 saturated carbocycles. The van der Waals surface area contributed by atoms with Crippen LogP contribution in [-0.4, -0.2) is 88.2 Å². The first-order valence-electron chi connectivity index (χ1n) is 20.4. The minimum absolute atomic E-state index is 0.0240. The van der Waals surface area contributed by atoms with Crippen molar-refractivity contribution in [3.05, 3.63) is 114 Å². The van der Waals surface area contributed by atoms with Gasteiger partial charge in [0, 0.05) is 48.5 Å². The van der Waals surface area contributed by atoms with Crippen molar-refractivity contribution in [3.8, 4) is 11.5 Å². The summed E-state index contributed by atoms with van der Waals surface area (Å²) >= 11 is 0. The Labute approximate surface area is 337 Å². The highest BCUT2D eigenvalue weighted by Crippen LogP contribution is 2.49. The molecule has 2 amide bonds. The largest absolute Gasteiger partial charge is 0.497 e. The summed E-state index contributed by atoms with van der Waals surface area (Å²) in [6, 6.07) is 32.5. The third-order valence-electron chi connectivity index (χ3n) is 13.5. The number of ether oxygens (including phenoxy) is 3. The topological polar surface area (TPSA) is 104 Å². The highest BCUT2D eigenvalue weighted by atomic mass is 28.3. The molecule has 0 bridgehead atoms. The molecule has 1 unspecified atom stereocenters. The van der Waals surface area contributed by atoms with Gasteiger partial charge in [-0.2, -0.15) is 0 Å². The van der Waals surface area contributed by atoms with E-state index in [4.69, 9.17) is 14.2 Å². The molecule has 4 heterocycles. The summed E-state index contributed by atoms with van der Waals surface area (Å²) in [6.45, 7) is 9.23. The van der Waals surface area contributed by atoms with Gasteiger partial charge < -0.3 is 34.4 Å². The van der Waals surface area contributed by atoms with E-state index < -0.39 is 13.6 Å². The number of nitrogens with zero attached hydrogens (tertiary/aromatic N) is 3. The van der Waals surface area contributed by atoms with Crippen molar-refractivity contribution < 1.29 is 28.9 Å². The Balaban J connectivity index is 1.13. The van der Waals surface area contributed by atoms with Crippen LogP contribution in [0.2, 0.25) is 18.6 Å². The molecule has 1 spiro atoms. The summed E-state index contributed by atoms with van der Waals surface area (Å²) in [5.41, 5.74) is 4.33. The van der Waals surface area contributed by atoms with Crippen molar-refractivity contribution in [2.75, 3.05) is 50.4 Å². The fourth-order valence-corrected chi connectivity index (χ4v) is 13.4. The SMILES string of the molecule is COc1ccc([Si](C)(C)C(CC(=O)N2Cc3ccccc3C[C@H]2CO)[C@H]2Oc3ccc(N4CN(c5ccccc5)C5(CCNCC5)C4=O)cc3[C@@H](OC)[C@@H]2C)cc1. The third kappa shape index (κ3) is 7.02. The van der Waals surface area contributed by atoms with Crippen LogP contribution in [0.15, 0.2) is 97.1 Å². The van der Waals surface area contributed by atoms with E-state index in [1.165, 1.54) is 10.8 Å². The van der Waals surface area contributed by atoms with Crippen molar-refractivity contribution in [1.29, 1.82) is 0 Å². The van der Waals surface area contributed by atoms with Crippen LogP contribution in [-0.2, 0) is 27.3 Å². The van der Waals surface area contributed by atoms with Crippen LogP contribution in [0, 0.1) is 5.92 Å². The molecule has 2 saturated heterocycles. The number of methoxy groups -OCH3 is 2. The number of amides is 2. The molecule has 4 aliphatic heterocycles. The van der Waals surface area contributed by atoms with E-state index in [2.05, 4.69) is 72.7 Å². The summed E-state index contributed by atoms with van der Waals surface area (Å²) in [5, 5.41) is 15.2. The van der Waals surface area contributed by atoms with Gasteiger partial charge in [-0.25, -0.2) is 0 Å². The number of piperidine rings is 1. The first-order valence-corrected chi connectivity index (χ1v) is 23.5. The molecule has 4 aromatic rings. The minimum Gasteiger partial charge on any atom is -0.497 e. The third-order valence-corrected chi connectivity index (χ3v) is 17.7. The molecule has 5 atom stereocenters. The maximum absolute atomic E-state index is 14.7. The molecule has 0 aliphatic carbocycles. The highest BCUT2D eigenvalue weighted by Gasteiger charge is 2.54. The normalized spacial score (nSPS) is 23.5. The van der Waals surface area contributed by atoms with Gasteiger partial charge in [0.1, 0.15) is 23.1 Å². The summed E-state index contributed by atoms with van der Waals surface area (Å²) in [6.07, 6.45) is 1.70. The zero-order valence-corrected chi connectivity index (χ0v) is 34.8. The van der Waals surface area contributed by atoms with E-state index in [-0.39, 0.29) is 54.6 Å². The number of rotatable bonds is 10. The lowest BCUT2D eigenvalue weighted by Gasteiger charge is -2.46. The van der Waals surface area contributed by atoms with Crippen LogP contribution in [0.5, 0.6) is 11.5 Å². The lowest BCUT2D eigenvalue weighted by atomic mass is 9.85. The Bertz CT molecular complexity index is 2070. The molecule has 4 aromatic carbocycles. The summed E-state index contributed by atoms with van der Waals surface area (Å²) in [7, 11) is 0.930. The van der Waals surface area contributed by atoms with Crippen LogP contribution < -0.4 is 29.8 Å². The van der Waals surface area contributed by atoms with Gasteiger partial charge in [-0.1, -0.05) is 79.8 Å². The molecule has 0 radical (unpaired) electrons. The minimum atomic E-state index is -2.48. The van der Waals surface area contributed by atoms with E-state index in [0.717, 1.165) is 54.2 Å². The van der Waals surface area contributed by atoms with E-state index in [9.17, 15) is 14.7 Å². The second-order valence-corrected chi connectivity index (χ2v) is 21.6. The van der Waals surface area contributed by atoms with Crippen molar-refractivity contribution >= 4 is 36.4 Å². The molecule has 8 rings (SSSR count). The van der Waals surface area contributed by atoms with Crippen LogP contribution in [0.4, 0.5) is 11.4 Å². The monoisotopic (exact) mass is 788 g/mol. The molecule has 10 nitrogen and oxygen atoms in total. The zero-order chi connectivity index (χ0) is 39.9. The van der Waals surface area contributed by atoms with Crippen LogP contribution in [0.25, 0.3) is 0 Å². The van der Waals surface area contributed by atoms with Gasteiger partial charge in [0.05, 0.1) is 40.6 Å². The Kier molecular flexibility index (Phi) is 10.9. The van der Waals surface area contributed by atoms with Crippen molar-refractivity contribution in [3.63, 3.8) is 0 Å². The summed E-state index contributed by atoms with van der Waals surface area (Å²) < 4.78 is 19.0. The van der Waals surface area contributed by atoms with Crippen molar-refractivity contribution in [1.82, 2.24) is 10.2 Å². The Morgan fingerprint density at radius 2 is 1.65 bits per heavy atom. The molecule has 300 valence electrons. The lowest BCUT2D eigenvalue weighted by molar-refractivity contribution is -0.136. The molecule has 2 N–H and O–H groups in total. The average molecular weight is 789 g/mol. The first-order chi connectivity index (χ1) is 27.6. The van der Waals surface area contributed by atoms with Gasteiger partial charge in [0.25, 0.3) is 5.91 Å². The van der Waals surface area contributed by atoms with E-state index in [1.807, 2.05) is 64.4 Å². The number of carbonyl (C=O) groups is 2. The van der Waals surface area contributed by atoms with Crippen LogP contribution in [0.3, 0.4) is 0 Å². The Morgan fingerprint density at radius 1 is 0.947 bits per heavy atom. The van der Waals surface area contributed by atoms with Gasteiger partial charge >= 0.3 is 0 Å². The zero-order valence-electron chi connectivity index (χ0n) is 33.8. The van der Waals surface area contributed by atoms with Crippen molar-refractivity contribution in [2.24, 2.45) is 5.92 Å². The average Bonchev–Trinajstić information content (AvgIpc) is 3.52. The maximum Gasteiger partial charge on any atom is 0.254 e. The molecule has 57 heavy (non-hydrogen) atoms. The quantitative estimate of drug-likeness (QED) is 0.188. The summed E-state index contributed by atoms with van der Waals surface area (Å²) in [4.78, 5) is 35.3. The second-order valence-electron chi connectivity index (χ2n) is 16.8. The molecular formula is C46H56N4O6Si. The number of aliphatic hydroxyl groups is 1. The number of carbonyl (C=O) groups excluding carboxylic acids is 2. The smallest absolute Gasteiger partial charge is 0.254 e. The number of hydrogen-bond acceptors (Lipinski definition) is 8. The molecule has 2 fully saturated rings. The predicted octanol–water partition coefficient (Wildman–Crippen LogP) is 6.03. The van der Waals surface area contributed by atoms with Gasteiger partial charge in [0.15, 0.2) is 0 Å². The van der Waals surface area contributed by atoms with E-state index in [1.54, 1.807) is 14.2 Å². The Hall–Kier alpha value is -4.68. The molecule has 0 aromatic heterocycles.